The number of carbonyl (C=O) groups is 1. The Morgan fingerprint density at radius 3 is 2.41 bits per heavy atom. The molecule has 0 saturated heterocycles. The van der Waals surface area contributed by atoms with E-state index in [1.165, 1.54) is 12.1 Å². The first-order valence-electron chi connectivity index (χ1n) is 6.31. The van der Waals surface area contributed by atoms with Crippen LogP contribution in [0.5, 0.6) is 0 Å². The van der Waals surface area contributed by atoms with Gasteiger partial charge in [-0.1, -0.05) is 29.3 Å². The fourth-order valence-electron chi connectivity index (χ4n) is 1.93. The largest absolute Gasteiger partial charge is 0.322 e. The zero-order chi connectivity index (χ0) is 16.4. The molecule has 7 heteroatoms. The molecular weight excluding hydrogens is 327 g/mol. The summed E-state index contributed by atoms with van der Waals surface area (Å²) in [4.78, 5) is 22.5. The second kappa shape index (κ2) is 6.34. The van der Waals surface area contributed by atoms with Gasteiger partial charge in [0, 0.05) is 11.8 Å². The first-order valence-corrected chi connectivity index (χ1v) is 7.07. The van der Waals surface area contributed by atoms with Crippen LogP contribution in [0.25, 0.3) is 0 Å². The highest BCUT2D eigenvalue weighted by atomic mass is 35.5. The number of nitrogens with one attached hydrogen (secondary N) is 1. The molecule has 1 N–H and O–H groups in total. The first-order chi connectivity index (χ1) is 10.3. The van der Waals surface area contributed by atoms with E-state index < -0.39 is 10.8 Å². The molecule has 2 aromatic rings. The average molecular weight is 339 g/mol. The number of hydrogen-bond acceptors (Lipinski definition) is 3. The molecule has 0 saturated carbocycles. The lowest BCUT2D eigenvalue weighted by molar-refractivity contribution is -0.384. The number of hydrogen-bond donors (Lipinski definition) is 1. The fourth-order valence-corrected chi connectivity index (χ4v) is 2.49. The molecule has 0 aliphatic rings. The molecule has 0 spiro atoms. The Morgan fingerprint density at radius 1 is 1.14 bits per heavy atom. The van der Waals surface area contributed by atoms with E-state index in [0.717, 1.165) is 5.56 Å². The minimum Gasteiger partial charge on any atom is -0.322 e. The molecule has 22 heavy (non-hydrogen) atoms. The van der Waals surface area contributed by atoms with Gasteiger partial charge in [0.2, 0.25) is 0 Å². The molecular formula is C15H12Cl2N2O3. The Hall–Kier alpha value is -2.11. The average Bonchev–Trinajstić information content (AvgIpc) is 2.41. The maximum Gasteiger partial charge on any atom is 0.288 e. The number of amides is 1. The van der Waals surface area contributed by atoms with Crippen molar-refractivity contribution in [2.45, 2.75) is 13.8 Å². The predicted octanol–water partition coefficient (Wildman–Crippen LogP) is 4.77. The van der Waals surface area contributed by atoms with Crippen LogP contribution in [0.1, 0.15) is 21.5 Å². The van der Waals surface area contributed by atoms with Gasteiger partial charge in [-0.25, -0.2) is 0 Å². The predicted molar refractivity (Wildman–Crippen MR) is 87.0 cm³/mol. The SMILES string of the molecule is Cc1ccc(C(=O)Nc2cc(Cl)c([N+](=O)[O-])cc2C)c(Cl)c1. The molecule has 5 nitrogen and oxygen atoms in total. The summed E-state index contributed by atoms with van der Waals surface area (Å²) in [5, 5.41) is 13.8. The van der Waals surface area contributed by atoms with Crippen LogP contribution in [-0.2, 0) is 0 Å². The summed E-state index contributed by atoms with van der Waals surface area (Å²) >= 11 is 11.9. The fraction of sp³-hybridized carbons (Fsp3) is 0.133. The van der Waals surface area contributed by atoms with Gasteiger partial charge in [0.15, 0.2) is 0 Å². The van der Waals surface area contributed by atoms with Crippen molar-refractivity contribution in [1.82, 2.24) is 0 Å². The van der Waals surface area contributed by atoms with Crippen LogP contribution in [-0.4, -0.2) is 10.8 Å². The van der Waals surface area contributed by atoms with Crippen molar-refractivity contribution in [3.63, 3.8) is 0 Å². The van der Waals surface area contributed by atoms with E-state index in [1.807, 2.05) is 6.92 Å². The van der Waals surface area contributed by atoms with Gasteiger partial charge < -0.3 is 5.32 Å². The van der Waals surface area contributed by atoms with E-state index in [-0.39, 0.29) is 10.7 Å². The lowest BCUT2D eigenvalue weighted by Gasteiger charge is -2.10. The van der Waals surface area contributed by atoms with Gasteiger partial charge in [-0.2, -0.15) is 0 Å². The summed E-state index contributed by atoms with van der Waals surface area (Å²) < 4.78 is 0. The lowest BCUT2D eigenvalue weighted by atomic mass is 10.1. The molecule has 0 heterocycles. The first kappa shape index (κ1) is 16.3. The molecule has 2 rings (SSSR count). The molecule has 0 unspecified atom stereocenters. The second-order valence-electron chi connectivity index (χ2n) is 4.81. The normalized spacial score (nSPS) is 10.4. The summed E-state index contributed by atoms with van der Waals surface area (Å²) in [7, 11) is 0. The van der Waals surface area contributed by atoms with E-state index in [0.29, 0.717) is 21.8 Å². The summed E-state index contributed by atoms with van der Waals surface area (Å²) in [6, 6.07) is 7.75. The topological polar surface area (TPSA) is 72.2 Å². The summed E-state index contributed by atoms with van der Waals surface area (Å²) in [5.74, 6) is -0.405. The smallest absolute Gasteiger partial charge is 0.288 e. The molecule has 114 valence electrons. The number of nitrogens with zero attached hydrogens (tertiary/aromatic N) is 1. The molecule has 2 aromatic carbocycles. The van der Waals surface area contributed by atoms with Crippen molar-refractivity contribution in [3.8, 4) is 0 Å². The molecule has 0 bridgehead atoms. The van der Waals surface area contributed by atoms with Crippen molar-refractivity contribution in [1.29, 1.82) is 0 Å². The number of nitro benzene ring substituents is 1. The second-order valence-corrected chi connectivity index (χ2v) is 5.63. The zero-order valence-electron chi connectivity index (χ0n) is 11.8. The van der Waals surface area contributed by atoms with Crippen molar-refractivity contribution in [2.24, 2.45) is 0 Å². The molecule has 0 aliphatic carbocycles. The van der Waals surface area contributed by atoms with Gasteiger partial charge in [-0.15, -0.1) is 0 Å². The number of benzene rings is 2. The van der Waals surface area contributed by atoms with Crippen LogP contribution in [0.3, 0.4) is 0 Å². The quantitative estimate of drug-likeness (QED) is 0.647. The van der Waals surface area contributed by atoms with E-state index in [9.17, 15) is 14.9 Å². The molecule has 0 fully saturated rings. The van der Waals surface area contributed by atoms with Gasteiger partial charge in [0.25, 0.3) is 11.6 Å². The zero-order valence-corrected chi connectivity index (χ0v) is 13.3. The number of rotatable bonds is 3. The van der Waals surface area contributed by atoms with E-state index in [1.54, 1.807) is 25.1 Å². The minimum absolute atomic E-state index is 0.0408. The molecule has 0 aromatic heterocycles. The Labute approximate surface area is 137 Å². The Morgan fingerprint density at radius 2 is 1.82 bits per heavy atom. The van der Waals surface area contributed by atoms with Gasteiger partial charge in [0.05, 0.1) is 15.5 Å². The summed E-state index contributed by atoms with van der Waals surface area (Å²) in [5.41, 5.74) is 1.99. The van der Waals surface area contributed by atoms with Crippen LogP contribution in [0.4, 0.5) is 11.4 Å². The number of carbonyl (C=O) groups excluding carboxylic acids is 1. The van der Waals surface area contributed by atoms with Crippen molar-refractivity contribution >= 4 is 40.5 Å². The van der Waals surface area contributed by atoms with E-state index in [4.69, 9.17) is 23.2 Å². The lowest BCUT2D eigenvalue weighted by Crippen LogP contribution is -2.13. The van der Waals surface area contributed by atoms with Crippen molar-refractivity contribution in [2.75, 3.05) is 5.32 Å². The van der Waals surface area contributed by atoms with Gasteiger partial charge in [-0.3, -0.25) is 14.9 Å². The monoisotopic (exact) mass is 338 g/mol. The van der Waals surface area contributed by atoms with Crippen molar-refractivity contribution < 1.29 is 9.72 Å². The van der Waals surface area contributed by atoms with Crippen LogP contribution >= 0.6 is 23.2 Å². The van der Waals surface area contributed by atoms with Crippen LogP contribution in [0, 0.1) is 24.0 Å². The Balaban J connectivity index is 2.32. The van der Waals surface area contributed by atoms with E-state index in [2.05, 4.69) is 5.32 Å². The maximum absolute atomic E-state index is 12.3. The third kappa shape index (κ3) is 3.37. The highest BCUT2D eigenvalue weighted by molar-refractivity contribution is 6.35. The third-order valence-electron chi connectivity index (χ3n) is 3.11. The van der Waals surface area contributed by atoms with Crippen LogP contribution in [0.15, 0.2) is 30.3 Å². The Kier molecular flexibility index (Phi) is 4.68. The summed E-state index contributed by atoms with van der Waals surface area (Å²) in [6.45, 7) is 3.52. The number of nitro groups is 1. The number of anilines is 1. The summed E-state index contributed by atoms with van der Waals surface area (Å²) in [6.07, 6.45) is 0. The highest BCUT2D eigenvalue weighted by Crippen LogP contribution is 2.31. The minimum atomic E-state index is -0.572. The molecule has 1 amide bonds. The van der Waals surface area contributed by atoms with Crippen LogP contribution < -0.4 is 5.32 Å². The van der Waals surface area contributed by atoms with E-state index >= 15 is 0 Å². The third-order valence-corrected chi connectivity index (χ3v) is 3.72. The molecule has 0 aliphatic heterocycles. The van der Waals surface area contributed by atoms with Gasteiger partial charge >= 0.3 is 0 Å². The maximum atomic E-state index is 12.3. The van der Waals surface area contributed by atoms with Crippen molar-refractivity contribution in [3.05, 3.63) is 67.2 Å². The number of halogens is 2. The standard InChI is InChI=1S/C15H12Cl2N2O3/c1-8-3-4-10(11(16)5-8)15(20)18-13-7-12(17)14(19(21)22)6-9(13)2/h3-7H,1-2H3,(H,18,20). The van der Waals surface area contributed by atoms with Gasteiger partial charge in [-0.05, 0) is 43.2 Å². The Bertz CT molecular complexity index is 776. The number of aryl methyl sites for hydroxylation is 2. The highest BCUT2D eigenvalue weighted by Gasteiger charge is 2.17. The molecule has 0 atom stereocenters. The van der Waals surface area contributed by atoms with Crippen LogP contribution in [0.2, 0.25) is 10.0 Å². The molecule has 0 radical (unpaired) electrons. The van der Waals surface area contributed by atoms with Gasteiger partial charge in [0.1, 0.15) is 5.02 Å².